The molecule has 0 saturated heterocycles. The molecule has 5 nitrogen and oxygen atoms in total. The average Bonchev–Trinajstić information content (AvgIpc) is 3.21. The quantitative estimate of drug-likeness (QED) is 0.304. The Labute approximate surface area is 183 Å². The maximum atomic E-state index is 12.5. The van der Waals surface area contributed by atoms with E-state index in [0.29, 0.717) is 6.42 Å². The minimum atomic E-state index is 0.258. The summed E-state index contributed by atoms with van der Waals surface area (Å²) in [5.74, 6) is 1.92. The number of carbonyl (C=O) groups excluding carboxylic acids is 1. The van der Waals surface area contributed by atoms with Gasteiger partial charge in [-0.05, 0) is 31.4 Å². The standard InChI is InChI=1S/C24H30N4OS/c1-3-17-27(18-4-2)22(29)16-11-19-30-24-26-25-23(20-12-7-5-8-13-20)28(24)21-14-9-6-10-15-21/h5-10,12-15H,3-4,11,16-19H2,1-2H3. The Morgan fingerprint density at radius 1 is 0.933 bits per heavy atom. The molecular weight excluding hydrogens is 392 g/mol. The summed E-state index contributed by atoms with van der Waals surface area (Å²) in [4.78, 5) is 14.5. The van der Waals surface area contributed by atoms with Crippen LogP contribution in [-0.4, -0.2) is 44.4 Å². The van der Waals surface area contributed by atoms with Gasteiger partial charge in [-0.15, -0.1) is 10.2 Å². The first-order valence-corrected chi connectivity index (χ1v) is 11.7. The Morgan fingerprint density at radius 2 is 1.57 bits per heavy atom. The maximum Gasteiger partial charge on any atom is 0.222 e. The van der Waals surface area contributed by atoms with Gasteiger partial charge in [0.15, 0.2) is 11.0 Å². The van der Waals surface area contributed by atoms with E-state index in [1.54, 1.807) is 11.8 Å². The molecule has 3 aromatic rings. The number of rotatable bonds is 11. The van der Waals surface area contributed by atoms with Gasteiger partial charge in [0.2, 0.25) is 5.91 Å². The van der Waals surface area contributed by atoms with Crippen molar-refractivity contribution in [2.75, 3.05) is 18.8 Å². The van der Waals surface area contributed by atoms with Gasteiger partial charge < -0.3 is 4.90 Å². The molecule has 1 amide bonds. The van der Waals surface area contributed by atoms with Crippen LogP contribution in [0.15, 0.2) is 65.8 Å². The van der Waals surface area contributed by atoms with Crippen LogP contribution in [-0.2, 0) is 4.79 Å². The molecule has 2 aromatic carbocycles. The number of aromatic nitrogens is 3. The molecule has 3 rings (SSSR count). The summed E-state index contributed by atoms with van der Waals surface area (Å²) in [5.41, 5.74) is 2.07. The zero-order chi connectivity index (χ0) is 21.2. The van der Waals surface area contributed by atoms with Crippen molar-refractivity contribution in [2.45, 2.75) is 44.7 Å². The van der Waals surface area contributed by atoms with Gasteiger partial charge in [0.25, 0.3) is 0 Å². The van der Waals surface area contributed by atoms with E-state index in [1.165, 1.54) is 0 Å². The van der Waals surface area contributed by atoms with Gasteiger partial charge in [-0.3, -0.25) is 9.36 Å². The first kappa shape index (κ1) is 22.1. The zero-order valence-corrected chi connectivity index (χ0v) is 18.6. The molecule has 0 aliphatic heterocycles. The van der Waals surface area contributed by atoms with Crippen molar-refractivity contribution in [3.63, 3.8) is 0 Å². The zero-order valence-electron chi connectivity index (χ0n) is 17.8. The van der Waals surface area contributed by atoms with Crippen molar-refractivity contribution in [3.8, 4) is 17.1 Å². The Morgan fingerprint density at radius 3 is 2.20 bits per heavy atom. The highest BCUT2D eigenvalue weighted by Crippen LogP contribution is 2.28. The summed E-state index contributed by atoms with van der Waals surface area (Å²) >= 11 is 1.66. The fourth-order valence-electron chi connectivity index (χ4n) is 3.39. The van der Waals surface area contributed by atoms with E-state index in [0.717, 1.165) is 60.3 Å². The SMILES string of the molecule is CCCN(CCC)C(=O)CCCSc1nnc(-c2ccccc2)n1-c1ccccc1. The van der Waals surface area contributed by atoms with Crippen LogP contribution in [0.4, 0.5) is 0 Å². The molecule has 0 unspecified atom stereocenters. The minimum Gasteiger partial charge on any atom is -0.343 e. The smallest absolute Gasteiger partial charge is 0.222 e. The highest BCUT2D eigenvalue weighted by molar-refractivity contribution is 7.99. The normalized spacial score (nSPS) is 10.9. The lowest BCUT2D eigenvalue weighted by atomic mass is 10.2. The minimum absolute atomic E-state index is 0.258. The predicted octanol–water partition coefficient (Wildman–Crippen LogP) is 5.46. The number of hydrogen-bond donors (Lipinski definition) is 0. The Kier molecular flexibility index (Phi) is 8.51. The first-order chi connectivity index (χ1) is 14.7. The van der Waals surface area contributed by atoms with E-state index < -0.39 is 0 Å². The van der Waals surface area contributed by atoms with Gasteiger partial charge in [-0.1, -0.05) is 74.1 Å². The molecule has 158 valence electrons. The van der Waals surface area contributed by atoms with Crippen LogP contribution in [0.1, 0.15) is 39.5 Å². The fraction of sp³-hybridized carbons (Fsp3) is 0.375. The number of para-hydroxylation sites is 1. The second-order valence-corrected chi connectivity index (χ2v) is 8.24. The van der Waals surface area contributed by atoms with Crippen molar-refractivity contribution in [3.05, 3.63) is 60.7 Å². The molecule has 1 aromatic heterocycles. The molecule has 0 aliphatic rings. The molecule has 0 spiro atoms. The van der Waals surface area contributed by atoms with Gasteiger partial charge in [-0.25, -0.2) is 0 Å². The summed E-state index contributed by atoms with van der Waals surface area (Å²) in [5, 5.41) is 9.78. The van der Waals surface area contributed by atoms with Crippen molar-refractivity contribution in [1.29, 1.82) is 0 Å². The lowest BCUT2D eigenvalue weighted by Crippen LogP contribution is -2.32. The van der Waals surface area contributed by atoms with Gasteiger partial charge in [0.1, 0.15) is 0 Å². The number of nitrogens with zero attached hydrogens (tertiary/aromatic N) is 4. The van der Waals surface area contributed by atoms with Crippen LogP contribution in [0, 0.1) is 0 Å². The van der Waals surface area contributed by atoms with Crippen LogP contribution in [0.25, 0.3) is 17.1 Å². The third kappa shape index (κ3) is 5.72. The molecule has 0 atom stereocenters. The van der Waals surface area contributed by atoms with E-state index >= 15 is 0 Å². The molecule has 0 saturated carbocycles. The largest absolute Gasteiger partial charge is 0.343 e. The number of amides is 1. The fourth-order valence-corrected chi connectivity index (χ4v) is 4.28. The molecule has 30 heavy (non-hydrogen) atoms. The molecule has 0 radical (unpaired) electrons. The summed E-state index contributed by atoms with van der Waals surface area (Å²) in [6.45, 7) is 5.93. The van der Waals surface area contributed by atoms with E-state index in [2.05, 4.69) is 40.7 Å². The summed E-state index contributed by atoms with van der Waals surface area (Å²) in [6, 6.07) is 20.3. The molecular formula is C24H30N4OS. The first-order valence-electron chi connectivity index (χ1n) is 10.7. The van der Waals surface area contributed by atoms with Gasteiger partial charge >= 0.3 is 0 Å². The lowest BCUT2D eigenvalue weighted by molar-refractivity contribution is -0.131. The maximum absolute atomic E-state index is 12.5. The van der Waals surface area contributed by atoms with Crippen molar-refractivity contribution in [2.24, 2.45) is 0 Å². The number of thioether (sulfide) groups is 1. The van der Waals surface area contributed by atoms with Gasteiger partial charge in [0.05, 0.1) is 0 Å². The van der Waals surface area contributed by atoms with Crippen LogP contribution >= 0.6 is 11.8 Å². The van der Waals surface area contributed by atoms with Crippen LogP contribution in [0.2, 0.25) is 0 Å². The van der Waals surface area contributed by atoms with Gasteiger partial charge in [-0.2, -0.15) is 0 Å². The predicted molar refractivity (Wildman–Crippen MR) is 124 cm³/mol. The Hall–Kier alpha value is -2.60. The lowest BCUT2D eigenvalue weighted by Gasteiger charge is -2.21. The van der Waals surface area contributed by atoms with Crippen molar-refractivity contribution in [1.82, 2.24) is 19.7 Å². The highest BCUT2D eigenvalue weighted by atomic mass is 32.2. The molecule has 0 N–H and O–H groups in total. The van der Waals surface area contributed by atoms with E-state index in [-0.39, 0.29) is 5.91 Å². The average molecular weight is 423 g/mol. The Balaban J connectivity index is 1.69. The van der Waals surface area contributed by atoms with Crippen molar-refractivity contribution >= 4 is 17.7 Å². The summed E-state index contributed by atoms with van der Waals surface area (Å²) in [7, 11) is 0. The van der Waals surface area contributed by atoms with Crippen LogP contribution < -0.4 is 0 Å². The molecule has 0 bridgehead atoms. The second kappa shape index (κ2) is 11.6. The molecule has 6 heteroatoms. The summed E-state index contributed by atoms with van der Waals surface area (Å²) in [6.07, 6.45) is 3.42. The van der Waals surface area contributed by atoms with Crippen LogP contribution in [0.5, 0.6) is 0 Å². The third-order valence-electron chi connectivity index (χ3n) is 4.79. The number of benzene rings is 2. The second-order valence-electron chi connectivity index (χ2n) is 7.18. The Bertz CT molecular complexity index is 905. The molecule has 0 aliphatic carbocycles. The number of carbonyl (C=O) groups is 1. The molecule has 1 heterocycles. The van der Waals surface area contributed by atoms with Crippen molar-refractivity contribution < 1.29 is 4.79 Å². The van der Waals surface area contributed by atoms with E-state index in [9.17, 15) is 4.79 Å². The molecule has 0 fully saturated rings. The topological polar surface area (TPSA) is 51.0 Å². The van der Waals surface area contributed by atoms with Gasteiger partial charge in [0, 0.05) is 36.5 Å². The number of hydrogen-bond acceptors (Lipinski definition) is 4. The monoisotopic (exact) mass is 422 g/mol. The van der Waals surface area contributed by atoms with E-state index in [1.807, 2.05) is 53.4 Å². The third-order valence-corrected chi connectivity index (χ3v) is 5.80. The van der Waals surface area contributed by atoms with Crippen LogP contribution in [0.3, 0.4) is 0 Å². The van der Waals surface area contributed by atoms with E-state index in [4.69, 9.17) is 0 Å². The highest BCUT2D eigenvalue weighted by Gasteiger charge is 2.16. The summed E-state index contributed by atoms with van der Waals surface area (Å²) < 4.78 is 2.10.